The number of hydrogen-bond donors (Lipinski definition) is 0. The Kier molecular flexibility index (Phi) is 5.48. The van der Waals surface area contributed by atoms with Crippen molar-refractivity contribution in [1.29, 1.82) is 0 Å². The lowest BCUT2D eigenvalue weighted by molar-refractivity contribution is 0.328. The summed E-state index contributed by atoms with van der Waals surface area (Å²) < 4.78 is 9.55. The fourth-order valence-electron chi connectivity index (χ4n) is 3.64. The largest absolute Gasteiger partial charge is 0.477 e. The molecule has 156 valence electrons. The fourth-order valence-corrected chi connectivity index (χ4v) is 3.64. The second-order valence-corrected chi connectivity index (χ2v) is 7.61. The van der Waals surface area contributed by atoms with Crippen molar-refractivity contribution in [2.75, 3.05) is 6.61 Å². The molecule has 0 unspecified atom stereocenters. The van der Waals surface area contributed by atoms with E-state index in [4.69, 9.17) is 14.8 Å². The first-order chi connectivity index (χ1) is 14.5. The van der Waals surface area contributed by atoms with E-state index in [1.54, 1.807) is 17.2 Å². The Morgan fingerprint density at radius 3 is 2.67 bits per heavy atom. The Morgan fingerprint density at radius 2 is 1.97 bits per heavy atom. The van der Waals surface area contributed by atoms with Crippen LogP contribution in [0.3, 0.4) is 0 Å². The quantitative estimate of drug-likeness (QED) is 0.466. The standard InChI is InChI=1S/C22H27N7O/c1-6-30-22-17(8-7-11-23-22)18-12-16(9-10-19-24-13-28(5)27-19)21-20(25-18)15(4)26-29(21)14(2)3/h7-8,11-14H,6,9-10H2,1-5H3. The molecule has 0 fully saturated rings. The van der Waals surface area contributed by atoms with Crippen molar-refractivity contribution in [2.24, 2.45) is 7.05 Å². The van der Waals surface area contributed by atoms with E-state index in [1.165, 1.54) is 5.56 Å². The summed E-state index contributed by atoms with van der Waals surface area (Å²) in [5, 5.41) is 9.20. The first kappa shape index (κ1) is 20.0. The predicted molar refractivity (Wildman–Crippen MR) is 115 cm³/mol. The Bertz CT molecular complexity index is 1180. The molecule has 4 aromatic rings. The number of aromatic nitrogens is 7. The summed E-state index contributed by atoms with van der Waals surface area (Å²) in [5.74, 6) is 1.42. The third-order valence-electron chi connectivity index (χ3n) is 4.98. The molecule has 0 amide bonds. The molecule has 0 aromatic carbocycles. The average Bonchev–Trinajstić information content (AvgIpc) is 3.30. The monoisotopic (exact) mass is 405 g/mol. The van der Waals surface area contributed by atoms with Gasteiger partial charge >= 0.3 is 0 Å². The lowest BCUT2D eigenvalue weighted by Gasteiger charge is -2.13. The first-order valence-electron chi connectivity index (χ1n) is 10.3. The minimum Gasteiger partial charge on any atom is -0.477 e. The molecule has 8 heteroatoms. The third-order valence-corrected chi connectivity index (χ3v) is 4.98. The van der Waals surface area contributed by atoms with Gasteiger partial charge in [-0.1, -0.05) is 0 Å². The molecule has 0 aliphatic rings. The summed E-state index contributed by atoms with van der Waals surface area (Å²) >= 11 is 0. The summed E-state index contributed by atoms with van der Waals surface area (Å²) in [6, 6.07) is 6.27. The summed E-state index contributed by atoms with van der Waals surface area (Å²) in [4.78, 5) is 13.7. The molecule has 0 N–H and O–H groups in total. The Morgan fingerprint density at radius 1 is 1.13 bits per heavy atom. The highest BCUT2D eigenvalue weighted by molar-refractivity contribution is 5.85. The van der Waals surface area contributed by atoms with Crippen molar-refractivity contribution >= 4 is 11.0 Å². The van der Waals surface area contributed by atoms with Gasteiger partial charge in [0.15, 0.2) is 5.82 Å². The van der Waals surface area contributed by atoms with E-state index in [0.717, 1.165) is 46.7 Å². The molecule has 0 saturated heterocycles. The van der Waals surface area contributed by atoms with Crippen LogP contribution in [0.25, 0.3) is 22.3 Å². The maximum atomic E-state index is 5.75. The van der Waals surface area contributed by atoms with Crippen molar-refractivity contribution < 1.29 is 4.74 Å². The van der Waals surface area contributed by atoms with E-state index in [1.807, 2.05) is 33.0 Å². The van der Waals surface area contributed by atoms with Crippen molar-refractivity contribution in [3.05, 3.63) is 47.8 Å². The minimum atomic E-state index is 0.234. The zero-order valence-corrected chi connectivity index (χ0v) is 18.1. The van der Waals surface area contributed by atoms with Gasteiger partial charge in [-0.05, 0) is 57.9 Å². The zero-order chi connectivity index (χ0) is 21.3. The van der Waals surface area contributed by atoms with E-state index < -0.39 is 0 Å². The maximum absolute atomic E-state index is 5.75. The Balaban J connectivity index is 1.86. The number of rotatable bonds is 7. The molecule has 4 rings (SSSR count). The molecule has 0 saturated carbocycles. The molecule has 0 atom stereocenters. The normalized spacial score (nSPS) is 11.5. The highest BCUT2D eigenvalue weighted by Crippen LogP contribution is 2.32. The second kappa shape index (κ2) is 8.22. The van der Waals surface area contributed by atoms with Crippen LogP contribution >= 0.6 is 0 Å². The summed E-state index contributed by atoms with van der Waals surface area (Å²) in [6.45, 7) is 8.79. The SMILES string of the molecule is CCOc1ncccc1-c1cc(CCc2ncn(C)n2)c2c(n1)c(C)nn2C(C)C. The van der Waals surface area contributed by atoms with Gasteiger partial charge in [0.1, 0.15) is 11.8 Å². The molecular weight excluding hydrogens is 378 g/mol. The van der Waals surface area contributed by atoms with Gasteiger partial charge in [0, 0.05) is 25.7 Å². The molecule has 0 spiro atoms. The van der Waals surface area contributed by atoms with Crippen molar-refractivity contribution in [2.45, 2.75) is 46.6 Å². The van der Waals surface area contributed by atoms with Crippen molar-refractivity contribution in [1.82, 2.24) is 34.5 Å². The molecule has 0 bridgehead atoms. The third kappa shape index (κ3) is 3.77. The van der Waals surface area contributed by atoms with Crippen LogP contribution in [0.2, 0.25) is 0 Å². The van der Waals surface area contributed by atoms with Crippen LogP contribution in [0.15, 0.2) is 30.7 Å². The molecule has 4 heterocycles. The van der Waals surface area contributed by atoms with E-state index in [-0.39, 0.29) is 6.04 Å². The van der Waals surface area contributed by atoms with E-state index in [9.17, 15) is 0 Å². The maximum Gasteiger partial charge on any atom is 0.222 e. The summed E-state index contributed by atoms with van der Waals surface area (Å²) in [6.07, 6.45) is 5.00. The Labute approximate surface area is 175 Å². The van der Waals surface area contributed by atoms with Crippen LogP contribution in [0, 0.1) is 6.92 Å². The number of ether oxygens (including phenoxy) is 1. The molecule has 0 aliphatic heterocycles. The molecule has 8 nitrogen and oxygen atoms in total. The highest BCUT2D eigenvalue weighted by atomic mass is 16.5. The van der Waals surface area contributed by atoms with Gasteiger partial charge in [-0.15, -0.1) is 0 Å². The van der Waals surface area contributed by atoms with Crippen LogP contribution in [0.4, 0.5) is 0 Å². The van der Waals surface area contributed by atoms with Gasteiger partial charge in [-0.2, -0.15) is 10.2 Å². The second-order valence-electron chi connectivity index (χ2n) is 7.61. The van der Waals surface area contributed by atoms with E-state index >= 15 is 0 Å². The van der Waals surface area contributed by atoms with Crippen LogP contribution < -0.4 is 4.74 Å². The molecule has 0 radical (unpaired) electrons. The van der Waals surface area contributed by atoms with Gasteiger partial charge in [0.2, 0.25) is 5.88 Å². The number of nitrogens with zero attached hydrogens (tertiary/aromatic N) is 7. The van der Waals surface area contributed by atoms with Gasteiger partial charge in [0.25, 0.3) is 0 Å². The van der Waals surface area contributed by atoms with Crippen molar-refractivity contribution in [3.8, 4) is 17.1 Å². The smallest absolute Gasteiger partial charge is 0.222 e. The van der Waals surface area contributed by atoms with Crippen molar-refractivity contribution in [3.63, 3.8) is 0 Å². The van der Waals surface area contributed by atoms with Crippen LogP contribution in [-0.4, -0.2) is 41.1 Å². The number of pyridine rings is 2. The molecule has 30 heavy (non-hydrogen) atoms. The number of fused-ring (bicyclic) bond motifs is 1. The first-order valence-corrected chi connectivity index (χ1v) is 10.3. The minimum absolute atomic E-state index is 0.234. The van der Waals surface area contributed by atoms with Crippen LogP contribution in [0.5, 0.6) is 5.88 Å². The predicted octanol–water partition coefficient (Wildman–Crippen LogP) is 3.70. The highest BCUT2D eigenvalue weighted by Gasteiger charge is 2.19. The zero-order valence-electron chi connectivity index (χ0n) is 18.1. The van der Waals surface area contributed by atoms with Crippen LogP contribution in [-0.2, 0) is 19.9 Å². The van der Waals surface area contributed by atoms with E-state index in [2.05, 4.69) is 39.7 Å². The van der Waals surface area contributed by atoms with Gasteiger partial charge in [0.05, 0.1) is 29.1 Å². The number of hydrogen-bond acceptors (Lipinski definition) is 6. The lowest BCUT2D eigenvalue weighted by Crippen LogP contribution is -2.06. The topological polar surface area (TPSA) is 83.5 Å². The lowest BCUT2D eigenvalue weighted by atomic mass is 10.0. The van der Waals surface area contributed by atoms with Gasteiger partial charge in [-0.25, -0.2) is 15.0 Å². The fraction of sp³-hybridized carbons (Fsp3) is 0.409. The van der Waals surface area contributed by atoms with E-state index in [0.29, 0.717) is 12.5 Å². The van der Waals surface area contributed by atoms with Crippen LogP contribution in [0.1, 0.15) is 43.9 Å². The molecular formula is C22H27N7O. The number of aryl methyl sites for hydroxylation is 4. The Hall–Kier alpha value is -3.29. The summed E-state index contributed by atoms with van der Waals surface area (Å²) in [7, 11) is 1.88. The molecule has 4 aromatic heterocycles. The average molecular weight is 406 g/mol. The van der Waals surface area contributed by atoms with Gasteiger partial charge < -0.3 is 4.74 Å². The molecule has 0 aliphatic carbocycles. The van der Waals surface area contributed by atoms with Gasteiger partial charge in [-0.3, -0.25) is 9.36 Å². The summed E-state index contributed by atoms with van der Waals surface area (Å²) in [5.41, 5.74) is 5.80.